The van der Waals surface area contributed by atoms with Crippen molar-refractivity contribution in [1.29, 1.82) is 5.26 Å². The van der Waals surface area contributed by atoms with Crippen LogP contribution in [-0.4, -0.2) is 29.5 Å². The standard InChI is InChI=1S/C18H15N3O3/c1-12-2-5-14(11-20-12)18(23)24-16-8-9-21(17(16)22)15-6-3-13(10-19)4-7-15/h2-7,11,16H,8-9H2,1H3. The maximum Gasteiger partial charge on any atom is 0.340 e. The average molecular weight is 321 g/mol. The van der Waals surface area contributed by atoms with Crippen molar-refractivity contribution in [3.8, 4) is 6.07 Å². The third kappa shape index (κ3) is 3.10. The lowest BCUT2D eigenvalue weighted by Gasteiger charge is -2.16. The number of hydrogen-bond acceptors (Lipinski definition) is 5. The van der Waals surface area contributed by atoms with Crippen molar-refractivity contribution >= 4 is 17.6 Å². The molecule has 3 rings (SSSR count). The van der Waals surface area contributed by atoms with Gasteiger partial charge in [0.1, 0.15) is 0 Å². The van der Waals surface area contributed by atoms with E-state index >= 15 is 0 Å². The molecule has 1 atom stereocenters. The zero-order valence-electron chi connectivity index (χ0n) is 13.1. The third-order valence-electron chi connectivity index (χ3n) is 3.86. The van der Waals surface area contributed by atoms with Crippen molar-refractivity contribution in [2.24, 2.45) is 0 Å². The number of nitrogens with zero attached hydrogens (tertiary/aromatic N) is 3. The number of amides is 1. The van der Waals surface area contributed by atoms with E-state index in [1.165, 1.54) is 6.20 Å². The molecular formula is C18H15N3O3. The SMILES string of the molecule is Cc1ccc(C(=O)OC2CCN(c3ccc(C#N)cc3)C2=O)cn1. The molecule has 0 radical (unpaired) electrons. The van der Waals surface area contributed by atoms with Gasteiger partial charge >= 0.3 is 5.97 Å². The van der Waals surface area contributed by atoms with E-state index in [4.69, 9.17) is 10.00 Å². The van der Waals surface area contributed by atoms with Gasteiger partial charge in [0.05, 0.1) is 17.2 Å². The molecule has 1 fully saturated rings. The van der Waals surface area contributed by atoms with Gasteiger partial charge < -0.3 is 9.64 Å². The largest absolute Gasteiger partial charge is 0.449 e. The first-order valence-electron chi connectivity index (χ1n) is 7.53. The number of carbonyl (C=O) groups is 2. The lowest BCUT2D eigenvalue weighted by Crippen LogP contribution is -2.32. The number of carbonyl (C=O) groups excluding carboxylic acids is 2. The fraction of sp³-hybridized carbons (Fsp3) is 0.222. The summed E-state index contributed by atoms with van der Waals surface area (Å²) < 4.78 is 5.32. The van der Waals surface area contributed by atoms with Gasteiger partial charge in [-0.15, -0.1) is 0 Å². The second kappa shape index (κ2) is 6.50. The number of nitriles is 1. The number of anilines is 1. The molecular weight excluding hydrogens is 306 g/mol. The molecule has 1 unspecified atom stereocenters. The molecule has 1 saturated heterocycles. The summed E-state index contributed by atoms with van der Waals surface area (Å²) in [6.07, 6.45) is 1.08. The van der Waals surface area contributed by atoms with Crippen LogP contribution in [0.3, 0.4) is 0 Å². The van der Waals surface area contributed by atoms with Crippen molar-refractivity contribution in [3.05, 3.63) is 59.4 Å². The summed E-state index contributed by atoms with van der Waals surface area (Å²) in [6, 6.07) is 12.1. The number of rotatable bonds is 3. The van der Waals surface area contributed by atoms with Gasteiger partial charge in [0.25, 0.3) is 5.91 Å². The molecule has 24 heavy (non-hydrogen) atoms. The minimum atomic E-state index is -0.797. The Labute approximate surface area is 139 Å². The summed E-state index contributed by atoms with van der Waals surface area (Å²) in [5.74, 6) is -0.810. The maximum atomic E-state index is 12.4. The Morgan fingerprint density at radius 1 is 1.29 bits per heavy atom. The van der Waals surface area contributed by atoms with E-state index in [1.807, 2.05) is 13.0 Å². The Hall–Kier alpha value is -3.20. The summed E-state index contributed by atoms with van der Waals surface area (Å²) >= 11 is 0. The summed E-state index contributed by atoms with van der Waals surface area (Å²) in [5.41, 5.74) is 2.34. The first-order chi connectivity index (χ1) is 11.6. The van der Waals surface area contributed by atoms with E-state index in [0.717, 1.165) is 5.69 Å². The van der Waals surface area contributed by atoms with Crippen molar-refractivity contribution in [1.82, 2.24) is 4.98 Å². The number of ether oxygens (including phenoxy) is 1. The number of pyridine rings is 1. The molecule has 120 valence electrons. The van der Waals surface area contributed by atoms with Crippen molar-refractivity contribution < 1.29 is 14.3 Å². The van der Waals surface area contributed by atoms with Gasteiger partial charge in [-0.2, -0.15) is 5.26 Å². The molecule has 2 aromatic rings. The Kier molecular flexibility index (Phi) is 4.25. The fourth-order valence-electron chi connectivity index (χ4n) is 2.52. The number of aromatic nitrogens is 1. The molecule has 1 amide bonds. The predicted molar refractivity (Wildman–Crippen MR) is 86.3 cm³/mol. The molecule has 0 saturated carbocycles. The number of hydrogen-bond donors (Lipinski definition) is 0. The second-order valence-electron chi connectivity index (χ2n) is 5.52. The second-order valence-corrected chi connectivity index (χ2v) is 5.52. The lowest BCUT2D eigenvalue weighted by atomic mass is 10.2. The highest BCUT2D eigenvalue weighted by Gasteiger charge is 2.35. The van der Waals surface area contributed by atoms with E-state index < -0.39 is 12.1 Å². The molecule has 1 aliphatic heterocycles. The van der Waals surface area contributed by atoms with E-state index in [-0.39, 0.29) is 5.91 Å². The van der Waals surface area contributed by atoms with E-state index in [9.17, 15) is 9.59 Å². The Bertz CT molecular complexity index is 807. The van der Waals surface area contributed by atoms with Crippen LogP contribution < -0.4 is 4.90 Å². The zero-order chi connectivity index (χ0) is 17.1. The molecule has 1 aliphatic rings. The van der Waals surface area contributed by atoms with Crippen LogP contribution in [0.5, 0.6) is 0 Å². The first kappa shape index (κ1) is 15.7. The first-order valence-corrected chi connectivity index (χ1v) is 7.53. The lowest BCUT2D eigenvalue weighted by molar-refractivity contribution is -0.124. The molecule has 1 aromatic carbocycles. The van der Waals surface area contributed by atoms with Gasteiger partial charge in [0.2, 0.25) is 0 Å². The molecule has 6 nitrogen and oxygen atoms in total. The molecule has 0 N–H and O–H groups in total. The quantitative estimate of drug-likeness (QED) is 0.809. The van der Waals surface area contributed by atoms with Crippen LogP contribution in [0.25, 0.3) is 0 Å². The van der Waals surface area contributed by atoms with Gasteiger partial charge in [0, 0.05) is 30.5 Å². The van der Waals surface area contributed by atoms with Gasteiger partial charge in [-0.3, -0.25) is 9.78 Å². The Morgan fingerprint density at radius 3 is 2.67 bits per heavy atom. The van der Waals surface area contributed by atoms with Crippen molar-refractivity contribution in [3.63, 3.8) is 0 Å². The fourth-order valence-corrected chi connectivity index (χ4v) is 2.52. The normalized spacial score (nSPS) is 16.8. The van der Waals surface area contributed by atoms with Crippen LogP contribution >= 0.6 is 0 Å². The average Bonchev–Trinajstić information content (AvgIpc) is 2.96. The monoisotopic (exact) mass is 321 g/mol. The Balaban J connectivity index is 1.68. The molecule has 2 heterocycles. The van der Waals surface area contributed by atoms with Crippen LogP contribution in [0.2, 0.25) is 0 Å². The van der Waals surface area contributed by atoms with Crippen molar-refractivity contribution in [2.75, 3.05) is 11.4 Å². The number of esters is 1. The topological polar surface area (TPSA) is 83.3 Å². The van der Waals surface area contributed by atoms with Crippen LogP contribution in [0.15, 0.2) is 42.6 Å². The highest BCUT2D eigenvalue weighted by Crippen LogP contribution is 2.24. The minimum Gasteiger partial charge on any atom is -0.449 e. The zero-order valence-corrected chi connectivity index (χ0v) is 13.1. The van der Waals surface area contributed by atoms with Gasteiger partial charge in [-0.1, -0.05) is 0 Å². The van der Waals surface area contributed by atoms with Crippen LogP contribution in [0, 0.1) is 18.3 Å². The highest BCUT2D eigenvalue weighted by molar-refractivity contribution is 6.01. The molecule has 0 bridgehead atoms. The maximum absolute atomic E-state index is 12.4. The predicted octanol–water partition coefficient (Wildman–Crippen LogP) is 2.22. The number of benzene rings is 1. The van der Waals surface area contributed by atoms with Crippen LogP contribution in [-0.2, 0) is 9.53 Å². The highest BCUT2D eigenvalue weighted by atomic mass is 16.5. The van der Waals surface area contributed by atoms with Crippen LogP contribution in [0.1, 0.15) is 28.0 Å². The third-order valence-corrected chi connectivity index (χ3v) is 3.86. The van der Waals surface area contributed by atoms with Gasteiger partial charge in [-0.25, -0.2) is 4.79 Å². The summed E-state index contributed by atoms with van der Waals surface area (Å²) in [5, 5.41) is 8.82. The Morgan fingerprint density at radius 2 is 2.04 bits per heavy atom. The van der Waals surface area contributed by atoms with E-state index in [0.29, 0.717) is 29.8 Å². The molecule has 0 aliphatic carbocycles. The molecule has 6 heteroatoms. The summed E-state index contributed by atoms with van der Waals surface area (Å²) in [7, 11) is 0. The van der Waals surface area contributed by atoms with E-state index in [2.05, 4.69) is 4.98 Å². The summed E-state index contributed by atoms with van der Waals surface area (Å²) in [4.78, 5) is 30.2. The summed E-state index contributed by atoms with van der Waals surface area (Å²) in [6.45, 7) is 2.29. The molecule has 1 aromatic heterocycles. The van der Waals surface area contributed by atoms with Gasteiger partial charge in [0.15, 0.2) is 6.10 Å². The van der Waals surface area contributed by atoms with Crippen molar-refractivity contribution in [2.45, 2.75) is 19.4 Å². The van der Waals surface area contributed by atoms with E-state index in [1.54, 1.807) is 41.3 Å². The van der Waals surface area contributed by atoms with Crippen LogP contribution in [0.4, 0.5) is 5.69 Å². The minimum absolute atomic E-state index is 0.256. The number of aryl methyl sites for hydroxylation is 1. The van der Waals surface area contributed by atoms with Gasteiger partial charge in [-0.05, 0) is 43.3 Å². The molecule has 0 spiro atoms. The smallest absolute Gasteiger partial charge is 0.340 e.